The van der Waals surface area contributed by atoms with E-state index >= 15 is 0 Å². The minimum Gasteiger partial charge on any atom is -0.423 e. The molecule has 0 amide bonds. The van der Waals surface area contributed by atoms with Crippen molar-refractivity contribution >= 4 is 16.7 Å². The van der Waals surface area contributed by atoms with Crippen molar-refractivity contribution in [1.82, 2.24) is 0 Å². The molecule has 29 heavy (non-hydrogen) atoms. The van der Waals surface area contributed by atoms with E-state index in [0.29, 0.717) is 11.6 Å². The molecule has 0 aliphatic rings. The van der Waals surface area contributed by atoms with Crippen LogP contribution in [0.4, 0.5) is 17.6 Å². The Morgan fingerprint density at radius 2 is 1.76 bits per heavy atom. The van der Waals surface area contributed by atoms with Crippen LogP contribution >= 0.6 is 0 Å². The fourth-order valence-electron chi connectivity index (χ4n) is 2.94. The summed E-state index contributed by atoms with van der Waals surface area (Å²) in [4.78, 5) is 12.3. The molecule has 0 saturated carbocycles. The SMILES string of the molecule is C/C=C/CCc1ccc(C(=O)Oc2ccc3c(F)c(C(F)(F)F)ccc3c2)cc1. The fourth-order valence-corrected chi connectivity index (χ4v) is 2.94. The predicted molar refractivity (Wildman–Crippen MR) is 103 cm³/mol. The van der Waals surface area contributed by atoms with Gasteiger partial charge in [-0.05, 0) is 67.1 Å². The van der Waals surface area contributed by atoms with Gasteiger partial charge in [0.25, 0.3) is 0 Å². The maximum absolute atomic E-state index is 14.1. The smallest absolute Gasteiger partial charge is 0.419 e. The molecule has 0 saturated heterocycles. The molecular weight excluding hydrogens is 384 g/mol. The standard InChI is InChI=1S/C23H18F4O2/c1-2-3-4-5-15-6-8-16(9-7-15)22(28)29-18-11-12-19-17(14-18)10-13-20(21(19)24)23(25,26)27/h2-3,6-14H,4-5H2,1H3/b3-2+. The van der Waals surface area contributed by atoms with Gasteiger partial charge in [0.15, 0.2) is 0 Å². The van der Waals surface area contributed by atoms with E-state index < -0.39 is 23.5 Å². The largest absolute Gasteiger partial charge is 0.423 e. The van der Waals surface area contributed by atoms with E-state index in [2.05, 4.69) is 6.08 Å². The van der Waals surface area contributed by atoms with Gasteiger partial charge in [0.1, 0.15) is 11.6 Å². The van der Waals surface area contributed by atoms with E-state index in [0.717, 1.165) is 24.5 Å². The quantitative estimate of drug-likeness (QED) is 0.205. The molecule has 2 nitrogen and oxygen atoms in total. The van der Waals surface area contributed by atoms with E-state index in [-0.39, 0.29) is 16.5 Å². The molecule has 0 unspecified atom stereocenters. The lowest BCUT2D eigenvalue weighted by Gasteiger charge is -2.11. The maximum atomic E-state index is 14.1. The average molecular weight is 402 g/mol. The fraction of sp³-hybridized carbons (Fsp3) is 0.174. The van der Waals surface area contributed by atoms with Crippen molar-refractivity contribution in [2.45, 2.75) is 25.9 Å². The molecule has 0 bridgehead atoms. The molecule has 0 aliphatic heterocycles. The monoisotopic (exact) mass is 402 g/mol. The molecule has 150 valence electrons. The third-order valence-electron chi connectivity index (χ3n) is 4.47. The lowest BCUT2D eigenvalue weighted by Crippen LogP contribution is -2.09. The van der Waals surface area contributed by atoms with Gasteiger partial charge in [0.2, 0.25) is 0 Å². The Labute approximate surface area is 165 Å². The number of benzene rings is 3. The highest BCUT2D eigenvalue weighted by Gasteiger charge is 2.34. The van der Waals surface area contributed by atoms with Gasteiger partial charge in [0, 0.05) is 5.39 Å². The zero-order chi connectivity index (χ0) is 21.0. The first-order valence-electron chi connectivity index (χ1n) is 9.01. The molecule has 0 N–H and O–H groups in total. The topological polar surface area (TPSA) is 26.3 Å². The normalized spacial score (nSPS) is 11.9. The summed E-state index contributed by atoms with van der Waals surface area (Å²) in [5, 5.41) is 0.0187. The first-order valence-corrected chi connectivity index (χ1v) is 9.01. The number of alkyl halides is 3. The summed E-state index contributed by atoms with van der Waals surface area (Å²) in [7, 11) is 0. The number of halogens is 4. The van der Waals surface area contributed by atoms with Crippen LogP contribution in [0.25, 0.3) is 10.8 Å². The number of fused-ring (bicyclic) bond motifs is 1. The number of allylic oxidation sites excluding steroid dienone is 2. The van der Waals surface area contributed by atoms with Gasteiger partial charge in [-0.25, -0.2) is 9.18 Å². The molecule has 0 aromatic heterocycles. The minimum atomic E-state index is -4.78. The van der Waals surface area contributed by atoms with Crippen molar-refractivity contribution in [2.24, 2.45) is 0 Å². The Balaban J connectivity index is 1.76. The number of esters is 1. The Morgan fingerprint density at radius 1 is 1.03 bits per heavy atom. The summed E-state index contributed by atoms with van der Waals surface area (Å²) in [6.45, 7) is 1.95. The number of hydrogen-bond acceptors (Lipinski definition) is 2. The van der Waals surface area contributed by atoms with Crippen LogP contribution in [0.5, 0.6) is 5.75 Å². The molecule has 0 aliphatic carbocycles. The molecule has 0 heterocycles. The maximum Gasteiger partial charge on any atom is 0.419 e. The van der Waals surface area contributed by atoms with Gasteiger partial charge in [0.05, 0.1) is 11.1 Å². The Morgan fingerprint density at radius 3 is 2.41 bits per heavy atom. The summed E-state index contributed by atoms with van der Waals surface area (Å²) in [6, 6.07) is 12.6. The van der Waals surface area contributed by atoms with E-state index in [1.54, 1.807) is 12.1 Å². The number of hydrogen-bond donors (Lipinski definition) is 0. The van der Waals surface area contributed by atoms with Gasteiger partial charge in [-0.2, -0.15) is 13.2 Å². The molecule has 6 heteroatoms. The summed E-state index contributed by atoms with van der Waals surface area (Å²) < 4.78 is 57.9. The van der Waals surface area contributed by atoms with Gasteiger partial charge in [-0.1, -0.05) is 30.4 Å². The molecule has 0 fully saturated rings. The van der Waals surface area contributed by atoms with Gasteiger partial charge in [-0.15, -0.1) is 0 Å². The van der Waals surface area contributed by atoms with E-state index in [1.165, 1.54) is 18.2 Å². The highest BCUT2D eigenvalue weighted by Crippen LogP contribution is 2.35. The van der Waals surface area contributed by atoms with Crippen LogP contribution in [0.3, 0.4) is 0 Å². The lowest BCUT2D eigenvalue weighted by atomic mass is 10.1. The number of rotatable bonds is 5. The van der Waals surface area contributed by atoms with E-state index in [1.807, 2.05) is 25.1 Å². The molecule has 3 aromatic carbocycles. The summed E-state index contributed by atoms with van der Waals surface area (Å²) in [5.41, 5.74) is 0.101. The summed E-state index contributed by atoms with van der Waals surface area (Å²) in [5.74, 6) is -1.82. The third kappa shape index (κ3) is 4.83. The van der Waals surface area contributed by atoms with Gasteiger partial charge in [-0.3, -0.25) is 0 Å². The Hall–Kier alpha value is -3.15. The molecule has 3 rings (SSSR count). The minimum absolute atomic E-state index is 0.124. The molecular formula is C23H18F4O2. The van der Waals surface area contributed by atoms with Crippen molar-refractivity contribution in [3.8, 4) is 5.75 Å². The third-order valence-corrected chi connectivity index (χ3v) is 4.47. The first-order chi connectivity index (χ1) is 13.8. The van der Waals surface area contributed by atoms with Crippen molar-refractivity contribution in [1.29, 1.82) is 0 Å². The zero-order valence-corrected chi connectivity index (χ0v) is 15.6. The molecule has 3 aromatic rings. The molecule has 0 spiro atoms. The van der Waals surface area contributed by atoms with Gasteiger partial charge >= 0.3 is 12.1 Å². The van der Waals surface area contributed by atoms with Crippen LogP contribution in [0.1, 0.15) is 34.8 Å². The first kappa shape index (κ1) is 20.6. The zero-order valence-electron chi connectivity index (χ0n) is 15.6. The Bertz CT molecular complexity index is 1050. The number of aryl methyl sites for hydroxylation is 1. The van der Waals surface area contributed by atoms with Crippen LogP contribution < -0.4 is 4.74 Å². The number of carbonyl (C=O) groups is 1. The van der Waals surface area contributed by atoms with E-state index in [9.17, 15) is 22.4 Å². The number of carbonyl (C=O) groups excluding carboxylic acids is 1. The highest BCUT2D eigenvalue weighted by atomic mass is 19.4. The Kier molecular flexibility index (Phi) is 6.01. The van der Waals surface area contributed by atoms with Crippen molar-refractivity contribution in [3.05, 3.63) is 89.3 Å². The predicted octanol–water partition coefficient (Wildman–Crippen LogP) is 6.73. The summed E-state index contributed by atoms with van der Waals surface area (Å²) >= 11 is 0. The number of ether oxygens (including phenoxy) is 1. The summed E-state index contributed by atoms with van der Waals surface area (Å²) in [6.07, 6.45) is 1.02. The lowest BCUT2D eigenvalue weighted by molar-refractivity contribution is -0.139. The second-order valence-electron chi connectivity index (χ2n) is 6.50. The molecule has 0 atom stereocenters. The van der Waals surface area contributed by atoms with Crippen LogP contribution in [0.15, 0.2) is 66.7 Å². The average Bonchev–Trinajstić information content (AvgIpc) is 2.68. The highest BCUT2D eigenvalue weighted by molar-refractivity contribution is 5.92. The van der Waals surface area contributed by atoms with Crippen LogP contribution in [-0.4, -0.2) is 5.97 Å². The van der Waals surface area contributed by atoms with Crippen molar-refractivity contribution in [2.75, 3.05) is 0 Å². The van der Waals surface area contributed by atoms with Crippen molar-refractivity contribution < 1.29 is 27.1 Å². The van der Waals surface area contributed by atoms with Gasteiger partial charge < -0.3 is 4.74 Å². The van der Waals surface area contributed by atoms with Crippen LogP contribution in [0.2, 0.25) is 0 Å². The van der Waals surface area contributed by atoms with Crippen LogP contribution in [-0.2, 0) is 12.6 Å². The van der Waals surface area contributed by atoms with E-state index in [4.69, 9.17) is 4.74 Å². The van der Waals surface area contributed by atoms with Crippen molar-refractivity contribution in [3.63, 3.8) is 0 Å². The molecule has 0 radical (unpaired) electrons. The second kappa shape index (κ2) is 8.47. The van der Waals surface area contributed by atoms with Crippen LogP contribution in [0, 0.1) is 5.82 Å². The second-order valence-corrected chi connectivity index (χ2v) is 6.50.